The van der Waals surface area contributed by atoms with Crippen LogP contribution in [0.15, 0.2) is 18.2 Å². The van der Waals surface area contributed by atoms with Crippen molar-refractivity contribution < 1.29 is 14.7 Å². The third kappa shape index (κ3) is 3.72. The molecule has 0 aromatic heterocycles. The zero-order chi connectivity index (χ0) is 15.6. The number of nitrogens with one attached hydrogen (secondary N) is 2. The van der Waals surface area contributed by atoms with Gasteiger partial charge in [-0.2, -0.15) is 0 Å². The van der Waals surface area contributed by atoms with Gasteiger partial charge in [-0.3, -0.25) is 9.59 Å². The predicted octanol–water partition coefficient (Wildman–Crippen LogP) is 0.703. The number of halogens is 1. The molecule has 0 radical (unpaired) electrons. The zero-order valence-electron chi connectivity index (χ0n) is 11.9. The molecule has 2 unspecified atom stereocenters. The second kappa shape index (κ2) is 6.43. The molecule has 0 aliphatic carbocycles. The Balaban J connectivity index is 2.12. The van der Waals surface area contributed by atoms with Crippen molar-refractivity contribution in [2.24, 2.45) is 0 Å². The molecular weight excluding hydrogens is 294 g/mol. The molecule has 0 spiro atoms. The van der Waals surface area contributed by atoms with Crippen LogP contribution in [-0.4, -0.2) is 54.6 Å². The second-order valence-electron chi connectivity index (χ2n) is 5.23. The summed E-state index contributed by atoms with van der Waals surface area (Å²) >= 11 is 6.01. The van der Waals surface area contributed by atoms with E-state index >= 15 is 0 Å². The van der Waals surface area contributed by atoms with Crippen molar-refractivity contribution >= 4 is 29.1 Å². The maximum absolute atomic E-state index is 12.0. The van der Waals surface area contributed by atoms with Gasteiger partial charge in [-0.15, -0.1) is 0 Å². The highest BCUT2D eigenvalue weighted by atomic mass is 35.5. The molecule has 3 N–H and O–H groups in total. The van der Waals surface area contributed by atoms with Crippen molar-refractivity contribution in [3.05, 3.63) is 28.8 Å². The van der Waals surface area contributed by atoms with E-state index in [4.69, 9.17) is 11.6 Å². The van der Waals surface area contributed by atoms with Crippen LogP contribution in [0.4, 0.5) is 5.69 Å². The lowest BCUT2D eigenvalue weighted by molar-refractivity contribution is -0.117. The van der Waals surface area contributed by atoms with Gasteiger partial charge in [-0.05, 0) is 24.6 Å². The number of aliphatic hydroxyl groups excluding tert-OH is 1. The first-order chi connectivity index (χ1) is 9.88. The average molecular weight is 312 g/mol. The van der Waals surface area contributed by atoms with Gasteiger partial charge in [0, 0.05) is 26.3 Å². The highest BCUT2D eigenvalue weighted by Gasteiger charge is 2.28. The van der Waals surface area contributed by atoms with Gasteiger partial charge >= 0.3 is 0 Å². The molecule has 2 amide bonds. The van der Waals surface area contributed by atoms with Crippen molar-refractivity contribution in [2.45, 2.75) is 18.6 Å². The molecule has 1 fully saturated rings. The fourth-order valence-corrected chi connectivity index (χ4v) is 2.35. The number of benzene rings is 1. The topological polar surface area (TPSA) is 81.7 Å². The summed E-state index contributed by atoms with van der Waals surface area (Å²) in [6, 6.07) is 4.33. The van der Waals surface area contributed by atoms with E-state index < -0.39 is 12.1 Å². The summed E-state index contributed by atoms with van der Waals surface area (Å²) in [6.07, 6.45) is -0.125. The van der Waals surface area contributed by atoms with E-state index in [0.717, 1.165) is 0 Å². The quantitative estimate of drug-likeness (QED) is 0.767. The van der Waals surface area contributed by atoms with Crippen LogP contribution in [0.25, 0.3) is 0 Å². The molecule has 1 saturated heterocycles. The molecular formula is C14H18ClN3O3. The monoisotopic (exact) mass is 311 g/mol. The lowest BCUT2D eigenvalue weighted by atomic mass is 10.1. The summed E-state index contributed by atoms with van der Waals surface area (Å²) in [5.74, 6) is -0.470. The van der Waals surface area contributed by atoms with Crippen molar-refractivity contribution in [2.75, 3.05) is 26.0 Å². The van der Waals surface area contributed by atoms with Crippen LogP contribution in [0, 0.1) is 0 Å². The minimum absolute atomic E-state index is 0.231. The maximum Gasteiger partial charge on any atom is 0.254 e. The molecule has 2 rings (SSSR count). The van der Waals surface area contributed by atoms with Crippen LogP contribution in [-0.2, 0) is 4.79 Å². The van der Waals surface area contributed by atoms with Crippen LogP contribution < -0.4 is 10.6 Å². The van der Waals surface area contributed by atoms with Crippen LogP contribution in [0.1, 0.15) is 16.8 Å². The summed E-state index contributed by atoms with van der Waals surface area (Å²) < 4.78 is 0. The summed E-state index contributed by atoms with van der Waals surface area (Å²) in [4.78, 5) is 25.5. The average Bonchev–Trinajstić information content (AvgIpc) is 2.86. The third-order valence-corrected chi connectivity index (χ3v) is 3.62. The minimum Gasteiger partial charge on any atom is -0.392 e. The number of hydrogen-bond acceptors (Lipinski definition) is 4. The lowest BCUT2D eigenvalue weighted by Gasteiger charge is -2.14. The number of hydrogen-bond donors (Lipinski definition) is 3. The number of carbonyl (C=O) groups is 2. The first kappa shape index (κ1) is 15.8. The molecule has 21 heavy (non-hydrogen) atoms. The van der Waals surface area contributed by atoms with Crippen molar-refractivity contribution in [1.82, 2.24) is 10.2 Å². The van der Waals surface area contributed by atoms with Crippen molar-refractivity contribution in [3.8, 4) is 0 Å². The number of anilines is 1. The van der Waals surface area contributed by atoms with Crippen LogP contribution in [0.3, 0.4) is 0 Å². The van der Waals surface area contributed by atoms with Gasteiger partial charge in [0.05, 0.1) is 22.7 Å². The highest BCUT2D eigenvalue weighted by molar-refractivity contribution is 6.34. The fourth-order valence-electron chi connectivity index (χ4n) is 2.15. The summed E-state index contributed by atoms with van der Waals surface area (Å²) in [7, 11) is 3.27. The first-order valence-electron chi connectivity index (χ1n) is 6.62. The van der Waals surface area contributed by atoms with E-state index in [1.807, 2.05) is 0 Å². The Labute approximate surface area is 128 Å². The Bertz CT molecular complexity index is 562. The van der Waals surface area contributed by atoms with Gasteiger partial charge in [0.15, 0.2) is 0 Å². The van der Waals surface area contributed by atoms with Gasteiger partial charge in [0.2, 0.25) is 5.91 Å². The number of rotatable bonds is 3. The maximum atomic E-state index is 12.0. The Morgan fingerprint density at radius 3 is 2.71 bits per heavy atom. The molecule has 1 aliphatic heterocycles. The minimum atomic E-state index is -0.503. The molecule has 2 atom stereocenters. The van der Waals surface area contributed by atoms with E-state index in [1.165, 1.54) is 4.90 Å². The smallest absolute Gasteiger partial charge is 0.254 e. The highest BCUT2D eigenvalue weighted by Crippen LogP contribution is 2.22. The van der Waals surface area contributed by atoms with Gasteiger partial charge in [0.25, 0.3) is 5.91 Å². The standard InChI is InChI=1S/C14H18ClN3O3/c1-18(2)14(21)10-5-8(3-4-11(10)15)17-13(20)12-6-9(19)7-16-12/h3-5,9,12,16,19H,6-7H2,1-2H3,(H,17,20). The zero-order valence-corrected chi connectivity index (χ0v) is 12.6. The van der Waals surface area contributed by atoms with E-state index in [9.17, 15) is 14.7 Å². The molecule has 1 aliphatic rings. The Morgan fingerprint density at radius 2 is 2.14 bits per heavy atom. The number of aliphatic hydroxyl groups is 1. The van der Waals surface area contributed by atoms with E-state index in [1.54, 1.807) is 32.3 Å². The molecule has 0 bridgehead atoms. The van der Waals surface area contributed by atoms with Gasteiger partial charge in [-0.1, -0.05) is 11.6 Å². The molecule has 114 valence electrons. The van der Waals surface area contributed by atoms with Crippen molar-refractivity contribution in [3.63, 3.8) is 0 Å². The summed E-state index contributed by atoms with van der Waals surface area (Å²) in [5, 5.41) is 15.4. The van der Waals surface area contributed by atoms with Crippen molar-refractivity contribution in [1.29, 1.82) is 0 Å². The molecule has 6 nitrogen and oxygen atoms in total. The predicted molar refractivity (Wildman–Crippen MR) is 80.5 cm³/mol. The lowest BCUT2D eigenvalue weighted by Crippen LogP contribution is -2.35. The Hall–Kier alpha value is -1.63. The summed E-state index contributed by atoms with van der Waals surface area (Å²) in [6.45, 7) is 0.406. The van der Waals surface area contributed by atoms with Gasteiger partial charge in [-0.25, -0.2) is 0 Å². The number of nitrogens with zero attached hydrogens (tertiary/aromatic N) is 1. The van der Waals surface area contributed by atoms with E-state index in [-0.39, 0.29) is 11.8 Å². The molecule has 1 aromatic rings. The van der Waals surface area contributed by atoms with Crippen LogP contribution in [0.5, 0.6) is 0 Å². The third-order valence-electron chi connectivity index (χ3n) is 3.29. The Morgan fingerprint density at radius 1 is 1.43 bits per heavy atom. The molecule has 7 heteroatoms. The number of amides is 2. The van der Waals surface area contributed by atoms with Gasteiger partial charge < -0.3 is 20.6 Å². The SMILES string of the molecule is CN(C)C(=O)c1cc(NC(=O)C2CC(O)CN2)ccc1Cl. The van der Waals surface area contributed by atoms with E-state index in [0.29, 0.717) is 29.2 Å². The van der Waals surface area contributed by atoms with Gasteiger partial charge in [0.1, 0.15) is 0 Å². The number of carbonyl (C=O) groups excluding carboxylic acids is 2. The number of β-amino-alcohol motifs (C(OH)–C–C–N with tert-alkyl or cyclic N) is 1. The van der Waals surface area contributed by atoms with Crippen LogP contribution >= 0.6 is 11.6 Å². The summed E-state index contributed by atoms with van der Waals surface area (Å²) in [5.41, 5.74) is 0.830. The first-order valence-corrected chi connectivity index (χ1v) is 7.00. The normalized spacial score (nSPS) is 21.1. The molecule has 0 saturated carbocycles. The largest absolute Gasteiger partial charge is 0.392 e. The molecule has 1 aromatic carbocycles. The Kier molecular flexibility index (Phi) is 4.82. The second-order valence-corrected chi connectivity index (χ2v) is 5.64. The molecule has 1 heterocycles. The van der Waals surface area contributed by atoms with E-state index in [2.05, 4.69) is 10.6 Å². The fraction of sp³-hybridized carbons (Fsp3) is 0.429. The van der Waals surface area contributed by atoms with Crippen LogP contribution in [0.2, 0.25) is 5.02 Å².